The van der Waals surface area contributed by atoms with E-state index in [1.165, 1.54) is 30.3 Å². The maximum Gasteiger partial charge on any atom is 0.223 e. The third-order valence-electron chi connectivity index (χ3n) is 2.89. The molecular weight excluding hydrogens is 246 g/mol. The molecule has 0 spiro atoms. The molecule has 0 fully saturated rings. The van der Waals surface area contributed by atoms with E-state index in [1.807, 2.05) is 5.38 Å². The number of aromatic nitrogens is 1. The van der Waals surface area contributed by atoms with Gasteiger partial charge in [-0.3, -0.25) is 9.69 Å². The Hall–Kier alpha value is -1.20. The first kappa shape index (κ1) is 13.2. The number of thiazole rings is 1. The average molecular weight is 265 g/mol. The van der Waals surface area contributed by atoms with Gasteiger partial charge in [0.2, 0.25) is 5.91 Å². The molecule has 1 N–H and O–H groups in total. The molecule has 18 heavy (non-hydrogen) atoms. The van der Waals surface area contributed by atoms with Gasteiger partial charge in [0.05, 0.1) is 5.69 Å². The summed E-state index contributed by atoms with van der Waals surface area (Å²) in [5.41, 5.74) is 2.28. The van der Waals surface area contributed by atoms with Crippen LogP contribution in [0.5, 0.6) is 0 Å². The molecule has 0 aliphatic carbocycles. The summed E-state index contributed by atoms with van der Waals surface area (Å²) >= 11 is 1.48. The summed E-state index contributed by atoms with van der Waals surface area (Å²) in [5, 5.41) is 5.43. The van der Waals surface area contributed by atoms with E-state index in [-0.39, 0.29) is 5.91 Å². The highest BCUT2D eigenvalue weighted by molar-refractivity contribution is 7.14. The fourth-order valence-electron chi connectivity index (χ4n) is 2.13. The Morgan fingerprint density at radius 2 is 2.44 bits per heavy atom. The van der Waals surface area contributed by atoms with Crippen molar-refractivity contribution in [2.45, 2.75) is 26.7 Å². The van der Waals surface area contributed by atoms with Gasteiger partial charge in [-0.05, 0) is 25.0 Å². The molecule has 0 atom stereocenters. The van der Waals surface area contributed by atoms with Gasteiger partial charge < -0.3 is 5.32 Å². The molecule has 1 aromatic heterocycles. The number of hydrogen-bond acceptors (Lipinski definition) is 4. The minimum absolute atomic E-state index is 0.0684. The average Bonchev–Trinajstić information content (AvgIpc) is 2.77. The Morgan fingerprint density at radius 1 is 1.61 bits per heavy atom. The predicted molar refractivity (Wildman–Crippen MR) is 75.7 cm³/mol. The molecule has 0 unspecified atom stereocenters. The van der Waals surface area contributed by atoms with Crippen molar-refractivity contribution in [1.82, 2.24) is 9.88 Å². The molecule has 5 heteroatoms. The van der Waals surface area contributed by atoms with Crippen LogP contribution >= 0.6 is 11.3 Å². The van der Waals surface area contributed by atoms with Crippen LogP contribution in [0.3, 0.4) is 0 Å². The van der Waals surface area contributed by atoms with Crippen molar-refractivity contribution < 1.29 is 4.79 Å². The van der Waals surface area contributed by atoms with E-state index in [4.69, 9.17) is 0 Å². The highest BCUT2D eigenvalue weighted by Gasteiger charge is 2.15. The molecule has 0 radical (unpaired) electrons. The van der Waals surface area contributed by atoms with Gasteiger partial charge >= 0.3 is 0 Å². The normalized spacial score (nSPS) is 16.4. The van der Waals surface area contributed by atoms with Crippen LogP contribution in [0.4, 0.5) is 5.13 Å². The number of carbonyl (C=O) groups excluding carboxylic acids is 1. The van der Waals surface area contributed by atoms with Crippen molar-refractivity contribution in [3.63, 3.8) is 0 Å². The van der Waals surface area contributed by atoms with E-state index in [2.05, 4.69) is 28.2 Å². The van der Waals surface area contributed by atoms with Gasteiger partial charge in [0.25, 0.3) is 0 Å². The largest absolute Gasteiger partial charge is 0.302 e. The Balaban J connectivity index is 2.04. The van der Waals surface area contributed by atoms with Gasteiger partial charge in [-0.1, -0.05) is 13.0 Å². The Morgan fingerprint density at radius 3 is 3.17 bits per heavy atom. The van der Waals surface area contributed by atoms with Gasteiger partial charge in [-0.25, -0.2) is 4.98 Å². The molecule has 0 bridgehead atoms. The number of anilines is 1. The fraction of sp³-hybridized carbons (Fsp3) is 0.538. The fourth-order valence-corrected chi connectivity index (χ4v) is 2.91. The monoisotopic (exact) mass is 265 g/mol. The van der Waals surface area contributed by atoms with Crippen molar-refractivity contribution in [3.05, 3.63) is 17.2 Å². The van der Waals surface area contributed by atoms with Gasteiger partial charge in [-0.2, -0.15) is 0 Å². The first-order chi connectivity index (χ1) is 8.69. The SMILES string of the molecule is CCCN1CCC=C(c2csc(NC(C)=O)n2)C1. The lowest BCUT2D eigenvalue weighted by atomic mass is 10.1. The second-order valence-electron chi connectivity index (χ2n) is 4.51. The quantitative estimate of drug-likeness (QED) is 0.910. The number of amides is 1. The standard InChI is InChI=1S/C13H19N3OS/c1-3-6-16-7-4-5-11(8-16)12-9-18-13(15-12)14-10(2)17/h5,9H,3-4,6-8H2,1-2H3,(H,14,15,17). The summed E-state index contributed by atoms with van der Waals surface area (Å²) in [4.78, 5) is 17.9. The van der Waals surface area contributed by atoms with E-state index in [1.54, 1.807) is 0 Å². The van der Waals surface area contributed by atoms with Crippen molar-refractivity contribution in [2.75, 3.05) is 25.0 Å². The van der Waals surface area contributed by atoms with Crippen molar-refractivity contribution in [3.8, 4) is 0 Å². The maximum absolute atomic E-state index is 11.0. The van der Waals surface area contributed by atoms with Gasteiger partial charge in [-0.15, -0.1) is 11.3 Å². The number of nitrogens with zero attached hydrogens (tertiary/aromatic N) is 2. The molecule has 0 saturated carbocycles. The molecule has 1 aromatic rings. The molecule has 1 aliphatic heterocycles. The Labute approximate surface area is 112 Å². The zero-order valence-electron chi connectivity index (χ0n) is 10.9. The van der Waals surface area contributed by atoms with E-state index in [0.717, 1.165) is 31.7 Å². The van der Waals surface area contributed by atoms with Gasteiger partial charge in [0, 0.05) is 25.4 Å². The van der Waals surface area contributed by atoms with Crippen molar-refractivity contribution >= 4 is 27.9 Å². The molecule has 0 saturated heterocycles. The lowest BCUT2D eigenvalue weighted by Crippen LogP contribution is -2.30. The van der Waals surface area contributed by atoms with Crippen LogP contribution in [0.15, 0.2) is 11.5 Å². The number of nitrogens with one attached hydrogen (secondary N) is 1. The van der Waals surface area contributed by atoms with Crippen LogP contribution in [0, 0.1) is 0 Å². The minimum atomic E-state index is -0.0684. The smallest absolute Gasteiger partial charge is 0.223 e. The second kappa shape index (κ2) is 6.11. The minimum Gasteiger partial charge on any atom is -0.302 e. The molecule has 0 aromatic carbocycles. The number of hydrogen-bond donors (Lipinski definition) is 1. The summed E-state index contributed by atoms with van der Waals surface area (Å²) in [7, 11) is 0. The van der Waals surface area contributed by atoms with Crippen molar-refractivity contribution in [2.24, 2.45) is 0 Å². The van der Waals surface area contributed by atoms with Crippen LogP contribution in [-0.2, 0) is 4.79 Å². The summed E-state index contributed by atoms with van der Waals surface area (Å²) in [6, 6.07) is 0. The zero-order valence-corrected chi connectivity index (χ0v) is 11.7. The third-order valence-corrected chi connectivity index (χ3v) is 3.64. The topological polar surface area (TPSA) is 45.2 Å². The summed E-state index contributed by atoms with van der Waals surface area (Å²) < 4.78 is 0. The van der Waals surface area contributed by atoms with Crippen LogP contribution in [0.1, 0.15) is 32.4 Å². The third kappa shape index (κ3) is 3.40. The van der Waals surface area contributed by atoms with Crippen molar-refractivity contribution in [1.29, 1.82) is 0 Å². The van der Waals surface area contributed by atoms with Crippen LogP contribution < -0.4 is 5.32 Å². The van der Waals surface area contributed by atoms with Crippen LogP contribution in [-0.4, -0.2) is 35.4 Å². The Bertz CT molecular complexity index is 453. The molecule has 2 heterocycles. The lowest BCUT2D eigenvalue weighted by Gasteiger charge is -2.26. The van der Waals surface area contributed by atoms with Gasteiger partial charge in [0.1, 0.15) is 0 Å². The van der Waals surface area contributed by atoms with E-state index >= 15 is 0 Å². The molecule has 1 amide bonds. The summed E-state index contributed by atoms with van der Waals surface area (Å²) in [5.74, 6) is -0.0684. The highest BCUT2D eigenvalue weighted by atomic mass is 32.1. The highest BCUT2D eigenvalue weighted by Crippen LogP contribution is 2.25. The van der Waals surface area contributed by atoms with E-state index < -0.39 is 0 Å². The first-order valence-corrected chi connectivity index (χ1v) is 7.22. The van der Waals surface area contributed by atoms with E-state index in [9.17, 15) is 4.79 Å². The lowest BCUT2D eigenvalue weighted by molar-refractivity contribution is -0.114. The first-order valence-electron chi connectivity index (χ1n) is 6.34. The van der Waals surface area contributed by atoms with Gasteiger partial charge in [0.15, 0.2) is 5.13 Å². The molecule has 2 rings (SSSR count). The Kier molecular flexibility index (Phi) is 4.49. The second-order valence-corrected chi connectivity index (χ2v) is 5.37. The summed E-state index contributed by atoms with van der Waals surface area (Å²) in [6.45, 7) is 6.96. The molecule has 98 valence electrons. The summed E-state index contributed by atoms with van der Waals surface area (Å²) in [6.07, 6.45) is 4.53. The molecule has 4 nitrogen and oxygen atoms in total. The molecule has 1 aliphatic rings. The predicted octanol–water partition coefficient (Wildman–Crippen LogP) is 2.60. The number of rotatable bonds is 4. The van der Waals surface area contributed by atoms with Crippen LogP contribution in [0.2, 0.25) is 0 Å². The zero-order chi connectivity index (χ0) is 13.0. The number of carbonyl (C=O) groups is 1. The maximum atomic E-state index is 11.0. The van der Waals surface area contributed by atoms with E-state index in [0.29, 0.717) is 5.13 Å². The van der Waals surface area contributed by atoms with Crippen LogP contribution in [0.25, 0.3) is 5.57 Å². The molecular formula is C13H19N3OS.